The first-order valence-corrected chi connectivity index (χ1v) is 11.7. The molecule has 0 radical (unpaired) electrons. The quantitative estimate of drug-likeness (QED) is 0.536. The number of benzene rings is 1. The molecular weight excluding hydrogens is 392 g/mol. The summed E-state index contributed by atoms with van der Waals surface area (Å²) in [7, 11) is 0. The van der Waals surface area contributed by atoms with Crippen LogP contribution in [0.25, 0.3) is 0 Å². The molecule has 1 aromatic rings. The minimum Gasteiger partial charge on any atom is -0.478 e. The third-order valence-electron chi connectivity index (χ3n) is 10.0. The molecule has 0 spiro atoms. The average molecular weight is 427 g/mol. The Bertz CT molecular complexity index is 938. The molecule has 0 unspecified atom stereocenters. The lowest BCUT2D eigenvalue weighted by molar-refractivity contribution is -0.221. The Labute approximate surface area is 183 Å². The zero-order valence-electron chi connectivity index (χ0n) is 18.5. The number of hydrogen-bond donors (Lipinski definition) is 4. The van der Waals surface area contributed by atoms with Crippen LogP contribution in [-0.2, 0) is 5.60 Å². The number of carboxylic acids is 1. The molecule has 7 atom stereocenters. The Morgan fingerprint density at radius 2 is 1.65 bits per heavy atom. The second-order valence-corrected chi connectivity index (χ2v) is 11.0. The summed E-state index contributed by atoms with van der Waals surface area (Å²) >= 11 is 0. The van der Waals surface area contributed by atoms with E-state index in [9.17, 15) is 25.2 Å². The number of aliphatic hydroxyl groups is 3. The summed E-state index contributed by atoms with van der Waals surface area (Å²) in [5.41, 5.74) is -0.534. The van der Waals surface area contributed by atoms with Gasteiger partial charge in [-0.3, -0.25) is 0 Å². The van der Waals surface area contributed by atoms with Gasteiger partial charge in [-0.2, -0.15) is 0 Å². The maximum absolute atomic E-state index is 12.2. The van der Waals surface area contributed by atoms with E-state index in [2.05, 4.69) is 13.0 Å². The maximum Gasteiger partial charge on any atom is 0.335 e. The second-order valence-electron chi connectivity index (χ2n) is 11.0. The fraction of sp³-hybridized carbons (Fsp3) is 0.654. The highest BCUT2D eigenvalue weighted by atomic mass is 16.4. The van der Waals surface area contributed by atoms with Gasteiger partial charge in [-0.05, 0) is 86.3 Å². The Morgan fingerprint density at radius 3 is 2.32 bits per heavy atom. The number of hydrogen-bond acceptors (Lipinski definition) is 4. The van der Waals surface area contributed by atoms with E-state index in [1.54, 1.807) is 24.3 Å². The van der Waals surface area contributed by atoms with E-state index < -0.39 is 22.6 Å². The molecule has 5 heteroatoms. The fourth-order valence-corrected chi connectivity index (χ4v) is 8.05. The van der Waals surface area contributed by atoms with Gasteiger partial charge in [0.05, 0.1) is 22.9 Å². The van der Waals surface area contributed by atoms with E-state index in [0.29, 0.717) is 24.3 Å². The molecule has 168 valence electrons. The smallest absolute Gasteiger partial charge is 0.335 e. The maximum atomic E-state index is 12.2. The number of carboxylic acid groups (broad SMARTS) is 1. The van der Waals surface area contributed by atoms with Crippen LogP contribution < -0.4 is 0 Å². The third-order valence-corrected chi connectivity index (χ3v) is 10.0. The van der Waals surface area contributed by atoms with Crippen LogP contribution in [0.4, 0.5) is 0 Å². The molecule has 0 amide bonds. The molecule has 3 fully saturated rings. The summed E-state index contributed by atoms with van der Waals surface area (Å²) in [6.45, 7) is 4.36. The summed E-state index contributed by atoms with van der Waals surface area (Å²) in [5, 5.41) is 43.6. The van der Waals surface area contributed by atoms with Gasteiger partial charge < -0.3 is 20.4 Å². The van der Waals surface area contributed by atoms with Crippen molar-refractivity contribution in [3.8, 4) is 0 Å². The Balaban J connectivity index is 1.52. The van der Waals surface area contributed by atoms with Gasteiger partial charge in [0.1, 0.15) is 0 Å². The molecule has 0 heterocycles. The lowest BCUT2D eigenvalue weighted by Crippen LogP contribution is -2.63. The van der Waals surface area contributed by atoms with Crippen molar-refractivity contribution in [3.63, 3.8) is 0 Å². The van der Waals surface area contributed by atoms with Crippen LogP contribution in [0.3, 0.4) is 0 Å². The van der Waals surface area contributed by atoms with Crippen LogP contribution >= 0.6 is 0 Å². The topological polar surface area (TPSA) is 98.0 Å². The second kappa shape index (κ2) is 6.66. The fourth-order valence-electron chi connectivity index (χ4n) is 8.05. The monoisotopic (exact) mass is 426 g/mol. The van der Waals surface area contributed by atoms with Gasteiger partial charge in [-0.1, -0.05) is 37.6 Å². The van der Waals surface area contributed by atoms with Crippen LogP contribution in [0.1, 0.15) is 81.1 Å². The minimum atomic E-state index is -1.18. The van der Waals surface area contributed by atoms with Gasteiger partial charge in [0.2, 0.25) is 0 Å². The zero-order chi connectivity index (χ0) is 22.2. The van der Waals surface area contributed by atoms with Gasteiger partial charge in [-0.15, -0.1) is 0 Å². The zero-order valence-corrected chi connectivity index (χ0v) is 18.5. The molecule has 31 heavy (non-hydrogen) atoms. The highest BCUT2D eigenvalue weighted by Crippen LogP contribution is 2.71. The van der Waals surface area contributed by atoms with Gasteiger partial charge in [-0.25, -0.2) is 4.79 Å². The first-order valence-electron chi connectivity index (χ1n) is 11.7. The van der Waals surface area contributed by atoms with Crippen LogP contribution in [0, 0.1) is 22.7 Å². The minimum absolute atomic E-state index is 0.0169. The predicted octanol–water partition coefficient (Wildman–Crippen LogP) is 4.01. The molecule has 5 nitrogen and oxygen atoms in total. The Morgan fingerprint density at radius 1 is 0.935 bits per heavy atom. The van der Waals surface area contributed by atoms with E-state index >= 15 is 0 Å². The van der Waals surface area contributed by atoms with Crippen molar-refractivity contribution >= 4 is 5.97 Å². The van der Waals surface area contributed by atoms with E-state index in [0.717, 1.165) is 38.5 Å². The van der Waals surface area contributed by atoms with E-state index in [1.165, 1.54) is 5.57 Å². The predicted molar refractivity (Wildman–Crippen MR) is 116 cm³/mol. The van der Waals surface area contributed by atoms with Crippen molar-refractivity contribution in [2.75, 3.05) is 0 Å². The van der Waals surface area contributed by atoms with Crippen molar-refractivity contribution in [3.05, 3.63) is 47.0 Å². The summed E-state index contributed by atoms with van der Waals surface area (Å²) in [6, 6.07) is 6.54. The molecular formula is C26H34O5. The molecule has 4 N–H and O–H groups in total. The van der Waals surface area contributed by atoms with Gasteiger partial charge >= 0.3 is 5.97 Å². The van der Waals surface area contributed by atoms with Crippen molar-refractivity contribution in [2.24, 2.45) is 22.7 Å². The van der Waals surface area contributed by atoms with E-state index in [4.69, 9.17) is 0 Å². The number of aromatic carboxylic acids is 1. The first-order chi connectivity index (χ1) is 14.6. The van der Waals surface area contributed by atoms with Gasteiger partial charge in [0.15, 0.2) is 0 Å². The summed E-state index contributed by atoms with van der Waals surface area (Å²) in [4.78, 5) is 11.3. The number of rotatable bonds is 2. The third kappa shape index (κ3) is 2.63. The molecule has 0 aliphatic heterocycles. The lowest BCUT2D eigenvalue weighted by Gasteiger charge is -2.62. The normalized spacial score (nSPS) is 46.5. The molecule has 4 aliphatic rings. The highest BCUT2D eigenvalue weighted by molar-refractivity contribution is 5.87. The van der Waals surface area contributed by atoms with Gasteiger partial charge in [0, 0.05) is 5.41 Å². The molecule has 3 saturated carbocycles. The number of allylic oxidation sites excluding steroid dienone is 1. The molecule has 0 aromatic heterocycles. The number of aliphatic hydroxyl groups excluding tert-OH is 1. The van der Waals surface area contributed by atoms with Gasteiger partial charge in [0.25, 0.3) is 0 Å². The molecule has 0 saturated heterocycles. The van der Waals surface area contributed by atoms with Crippen LogP contribution in [0.5, 0.6) is 0 Å². The molecule has 5 rings (SSSR count). The van der Waals surface area contributed by atoms with Crippen LogP contribution in [-0.4, -0.2) is 38.1 Å². The Kier molecular flexibility index (Phi) is 4.55. The summed E-state index contributed by atoms with van der Waals surface area (Å²) in [6.07, 6.45) is 7.95. The molecule has 4 aliphatic carbocycles. The Hall–Kier alpha value is -1.69. The van der Waals surface area contributed by atoms with Crippen LogP contribution in [0.15, 0.2) is 35.9 Å². The summed E-state index contributed by atoms with van der Waals surface area (Å²) < 4.78 is 0. The van der Waals surface area contributed by atoms with Crippen molar-refractivity contribution in [1.29, 1.82) is 0 Å². The summed E-state index contributed by atoms with van der Waals surface area (Å²) in [5.74, 6) is -0.504. The van der Waals surface area contributed by atoms with E-state index in [-0.39, 0.29) is 23.0 Å². The average Bonchev–Trinajstić information content (AvgIpc) is 2.96. The highest BCUT2D eigenvalue weighted by Gasteiger charge is 2.71. The van der Waals surface area contributed by atoms with Crippen molar-refractivity contribution in [2.45, 2.75) is 82.5 Å². The van der Waals surface area contributed by atoms with Crippen molar-refractivity contribution < 1.29 is 25.2 Å². The largest absolute Gasteiger partial charge is 0.478 e. The SMILES string of the molecule is C[C@]12CC[C@H]3[C@@H](CCC4=C[C@@H](O)CC[C@@]43C)[C@@]1(O)CC[C@]2(O)c1ccc(C(=O)O)cc1. The number of fused-ring (bicyclic) bond motifs is 5. The standard InChI is InChI=1S/C26H34O5/c1-23-11-9-19(27)15-18(23)7-8-21-20(23)10-12-24(2)25(30,13-14-26(21,24)31)17-5-3-16(4-6-17)22(28)29/h3-6,15,19-21,27,30-31H,7-14H2,1-2H3,(H,28,29)/t19-,20-,21+,23-,24+,25-,26-/m0/s1. The van der Waals surface area contributed by atoms with E-state index in [1.807, 2.05) is 6.92 Å². The lowest BCUT2D eigenvalue weighted by atomic mass is 9.44. The number of carbonyl (C=O) groups is 1. The molecule has 0 bridgehead atoms. The van der Waals surface area contributed by atoms with Crippen LogP contribution in [0.2, 0.25) is 0 Å². The molecule has 1 aromatic carbocycles. The first kappa shape index (κ1) is 21.2. The van der Waals surface area contributed by atoms with Crippen molar-refractivity contribution in [1.82, 2.24) is 0 Å².